The van der Waals surface area contributed by atoms with Gasteiger partial charge in [0, 0.05) is 6.42 Å². The lowest BCUT2D eigenvalue weighted by molar-refractivity contribution is -0.134. The van der Waals surface area contributed by atoms with Gasteiger partial charge in [0.1, 0.15) is 5.75 Å². The fraction of sp³-hybridized carbons (Fsp3) is 0.533. The molecule has 0 N–H and O–H groups in total. The topological polar surface area (TPSA) is 50.1 Å². The molecule has 2 aromatic rings. The van der Waals surface area contributed by atoms with Crippen LogP contribution in [0.1, 0.15) is 96.0 Å². The van der Waals surface area contributed by atoms with Gasteiger partial charge >= 0.3 is 5.97 Å². The summed E-state index contributed by atoms with van der Waals surface area (Å²) in [6.45, 7) is 2.29. The minimum absolute atomic E-state index is 0.147. The molecule has 176 valence electrons. The van der Waals surface area contributed by atoms with E-state index in [1.54, 1.807) is 0 Å². The number of benzene rings is 2. The van der Waals surface area contributed by atoms with Crippen LogP contribution < -0.4 is 4.74 Å². The molecule has 3 nitrogen and oxygen atoms in total. The Balaban J connectivity index is 1.26. The molecule has 0 atom stereocenters. The zero-order valence-electron chi connectivity index (χ0n) is 20.2. The minimum atomic E-state index is -0.147. The lowest BCUT2D eigenvalue weighted by Gasteiger charge is -2.28. The molecule has 0 unspecified atom stereocenters. The maximum Gasteiger partial charge on any atom is 0.311 e. The van der Waals surface area contributed by atoms with Crippen LogP contribution in [0.15, 0.2) is 48.5 Å². The molecule has 2 aromatic carbocycles. The monoisotopic (exact) mass is 445 g/mol. The molecule has 1 fully saturated rings. The largest absolute Gasteiger partial charge is 0.427 e. The van der Waals surface area contributed by atoms with Crippen LogP contribution in [0.3, 0.4) is 0 Å². The number of carbonyl (C=O) groups is 1. The highest BCUT2D eigenvalue weighted by molar-refractivity contribution is 5.73. The van der Waals surface area contributed by atoms with Gasteiger partial charge in [-0.15, -0.1) is 0 Å². The first-order valence-electron chi connectivity index (χ1n) is 13.0. The first-order chi connectivity index (χ1) is 16.2. The number of unbranched alkanes of at least 4 members (excludes halogenated alkanes) is 4. The molecule has 0 aromatic heterocycles. The summed E-state index contributed by atoms with van der Waals surface area (Å²) in [5.41, 5.74) is 2.72. The first kappa shape index (κ1) is 25.0. The van der Waals surface area contributed by atoms with Gasteiger partial charge in [-0.2, -0.15) is 5.26 Å². The summed E-state index contributed by atoms with van der Waals surface area (Å²) in [6, 6.07) is 17.2. The molecule has 1 aliphatic carbocycles. The van der Waals surface area contributed by atoms with E-state index in [1.165, 1.54) is 64.2 Å². The summed E-state index contributed by atoms with van der Waals surface area (Å²) in [6.07, 6.45) is 16.4. The molecule has 1 aliphatic rings. The number of rotatable bonds is 12. The van der Waals surface area contributed by atoms with Crippen molar-refractivity contribution < 1.29 is 9.53 Å². The van der Waals surface area contributed by atoms with Crippen LogP contribution in [0.25, 0.3) is 11.1 Å². The van der Waals surface area contributed by atoms with Crippen molar-refractivity contribution in [3.63, 3.8) is 0 Å². The third kappa shape index (κ3) is 8.69. The Morgan fingerprint density at radius 3 is 1.94 bits per heavy atom. The average molecular weight is 446 g/mol. The van der Waals surface area contributed by atoms with Crippen molar-refractivity contribution in [2.24, 2.45) is 11.8 Å². The van der Waals surface area contributed by atoms with Crippen LogP contribution >= 0.6 is 0 Å². The lowest BCUT2D eigenvalue weighted by atomic mass is 9.78. The summed E-state index contributed by atoms with van der Waals surface area (Å²) in [5, 5.41) is 8.91. The zero-order chi connectivity index (χ0) is 23.3. The molecule has 3 rings (SSSR count). The average Bonchev–Trinajstić information content (AvgIpc) is 2.86. The Bertz CT molecular complexity index is 871. The highest BCUT2D eigenvalue weighted by Gasteiger charge is 2.20. The smallest absolute Gasteiger partial charge is 0.311 e. The van der Waals surface area contributed by atoms with Crippen LogP contribution in [0.2, 0.25) is 0 Å². The van der Waals surface area contributed by atoms with E-state index < -0.39 is 0 Å². The molecule has 0 heterocycles. The summed E-state index contributed by atoms with van der Waals surface area (Å²) in [5.74, 6) is 2.39. The summed E-state index contributed by atoms with van der Waals surface area (Å²) in [4.78, 5) is 12.2. The van der Waals surface area contributed by atoms with E-state index in [0.717, 1.165) is 35.8 Å². The third-order valence-electron chi connectivity index (χ3n) is 7.11. The molecule has 0 aliphatic heterocycles. The van der Waals surface area contributed by atoms with E-state index in [9.17, 15) is 4.79 Å². The van der Waals surface area contributed by atoms with Crippen molar-refractivity contribution in [1.82, 2.24) is 0 Å². The number of esters is 1. The van der Waals surface area contributed by atoms with Crippen LogP contribution in [0.5, 0.6) is 5.75 Å². The summed E-state index contributed by atoms with van der Waals surface area (Å²) >= 11 is 0. The third-order valence-corrected chi connectivity index (χ3v) is 7.11. The van der Waals surface area contributed by atoms with Crippen molar-refractivity contribution in [1.29, 1.82) is 5.26 Å². The SMILES string of the molecule is CCCCC1CCC(CCCCCCC(=O)Oc2ccc(-c3ccc(C#N)cc3)cc2)CC1. The molecular formula is C30H39NO2. The molecule has 0 amide bonds. The zero-order valence-corrected chi connectivity index (χ0v) is 20.2. The van der Waals surface area contributed by atoms with E-state index in [2.05, 4.69) is 13.0 Å². The molecule has 0 bridgehead atoms. The highest BCUT2D eigenvalue weighted by Crippen LogP contribution is 2.34. The van der Waals surface area contributed by atoms with Crippen LogP contribution in [0.4, 0.5) is 0 Å². The van der Waals surface area contributed by atoms with E-state index in [4.69, 9.17) is 10.00 Å². The molecule has 0 saturated heterocycles. The second kappa shape index (κ2) is 13.8. The number of carbonyl (C=O) groups excluding carboxylic acids is 1. The van der Waals surface area contributed by atoms with E-state index in [-0.39, 0.29) is 5.97 Å². The Morgan fingerprint density at radius 2 is 1.36 bits per heavy atom. The number of hydrogen-bond acceptors (Lipinski definition) is 3. The van der Waals surface area contributed by atoms with Crippen molar-refractivity contribution in [2.75, 3.05) is 0 Å². The molecular weight excluding hydrogens is 406 g/mol. The fourth-order valence-electron chi connectivity index (χ4n) is 4.99. The predicted molar refractivity (Wildman–Crippen MR) is 135 cm³/mol. The number of hydrogen-bond donors (Lipinski definition) is 0. The van der Waals surface area contributed by atoms with E-state index in [1.807, 2.05) is 48.5 Å². The van der Waals surface area contributed by atoms with Gasteiger partial charge in [0.2, 0.25) is 0 Å². The molecule has 0 spiro atoms. The number of nitrogens with zero attached hydrogens (tertiary/aromatic N) is 1. The Labute approximate surface area is 200 Å². The Kier molecular flexibility index (Phi) is 10.5. The summed E-state index contributed by atoms with van der Waals surface area (Å²) in [7, 11) is 0. The van der Waals surface area contributed by atoms with Crippen LogP contribution in [-0.2, 0) is 4.79 Å². The maximum atomic E-state index is 12.2. The maximum absolute atomic E-state index is 12.2. The van der Waals surface area contributed by atoms with Crippen molar-refractivity contribution in [3.05, 3.63) is 54.1 Å². The van der Waals surface area contributed by atoms with Crippen LogP contribution in [-0.4, -0.2) is 5.97 Å². The van der Waals surface area contributed by atoms with Crippen molar-refractivity contribution in [3.8, 4) is 22.9 Å². The lowest BCUT2D eigenvalue weighted by Crippen LogP contribution is -2.14. The van der Waals surface area contributed by atoms with Gasteiger partial charge in [0.25, 0.3) is 0 Å². The predicted octanol–water partition coefficient (Wildman–Crippen LogP) is 8.47. The quantitative estimate of drug-likeness (QED) is 0.187. The standard InChI is InChI=1S/C30H39NO2/c1-2-3-8-24-11-13-25(14-12-24)9-6-4-5-7-10-30(32)33-29-21-19-28(20-22-29)27-17-15-26(23-31)16-18-27/h15-22,24-25H,2-14H2,1H3. The van der Waals surface area contributed by atoms with Gasteiger partial charge in [-0.25, -0.2) is 0 Å². The molecule has 3 heteroatoms. The highest BCUT2D eigenvalue weighted by atomic mass is 16.5. The van der Waals surface area contributed by atoms with E-state index in [0.29, 0.717) is 17.7 Å². The number of nitriles is 1. The van der Waals surface area contributed by atoms with Crippen molar-refractivity contribution >= 4 is 5.97 Å². The van der Waals surface area contributed by atoms with Gasteiger partial charge < -0.3 is 4.74 Å². The van der Waals surface area contributed by atoms with Gasteiger partial charge in [0.05, 0.1) is 11.6 Å². The molecule has 33 heavy (non-hydrogen) atoms. The summed E-state index contributed by atoms with van der Waals surface area (Å²) < 4.78 is 5.50. The fourth-order valence-corrected chi connectivity index (χ4v) is 4.99. The molecule has 1 saturated carbocycles. The first-order valence-corrected chi connectivity index (χ1v) is 13.0. The molecule has 0 radical (unpaired) electrons. The minimum Gasteiger partial charge on any atom is -0.427 e. The van der Waals surface area contributed by atoms with Gasteiger partial charge in [-0.1, -0.05) is 102 Å². The van der Waals surface area contributed by atoms with E-state index >= 15 is 0 Å². The normalized spacial score (nSPS) is 17.9. The van der Waals surface area contributed by atoms with Gasteiger partial charge in [0.15, 0.2) is 0 Å². The van der Waals surface area contributed by atoms with Crippen LogP contribution in [0, 0.1) is 23.2 Å². The Hall–Kier alpha value is -2.60. The second-order valence-corrected chi connectivity index (χ2v) is 9.67. The van der Waals surface area contributed by atoms with Gasteiger partial charge in [-0.05, 0) is 53.6 Å². The van der Waals surface area contributed by atoms with Gasteiger partial charge in [-0.3, -0.25) is 4.79 Å². The second-order valence-electron chi connectivity index (χ2n) is 9.67. The van der Waals surface area contributed by atoms with Crippen molar-refractivity contribution in [2.45, 2.75) is 90.4 Å². The Morgan fingerprint density at radius 1 is 0.818 bits per heavy atom. The number of ether oxygens (including phenoxy) is 1.